The predicted octanol–water partition coefficient (Wildman–Crippen LogP) is 5.07. The molecule has 2 aromatic carbocycles. The fourth-order valence-electron chi connectivity index (χ4n) is 2.12. The molecule has 4 rings (SSSR count). The maximum atomic E-state index is 4.66. The van der Waals surface area contributed by atoms with Crippen LogP contribution in [0.2, 0.25) is 0 Å². The van der Waals surface area contributed by atoms with E-state index in [9.17, 15) is 0 Å². The van der Waals surface area contributed by atoms with Gasteiger partial charge >= 0.3 is 0 Å². The molecular formula is C15H11BrN2S2. The molecule has 0 fully saturated rings. The second-order valence-corrected chi connectivity index (χ2v) is 6.56. The van der Waals surface area contributed by atoms with Crippen molar-refractivity contribution in [1.82, 2.24) is 9.97 Å². The van der Waals surface area contributed by atoms with E-state index in [4.69, 9.17) is 0 Å². The molecule has 0 aliphatic rings. The second kappa shape index (κ2) is 5.60. The summed E-state index contributed by atoms with van der Waals surface area (Å²) in [6, 6.07) is 16.5. The van der Waals surface area contributed by atoms with Crippen molar-refractivity contribution in [2.45, 2.75) is 6.42 Å². The van der Waals surface area contributed by atoms with Crippen LogP contribution in [0.25, 0.3) is 20.4 Å². The van der Waals surface area contributed by atoms with Crippen LogP contribution in [0.15, 0.2) is 48.5 Å². The number of halogens is 1. The lowest BCUT2D eigenvalue weighted by Gasteiger charge is -1.88. The average molecular weight is 363 g/mol. The third-order valence-electron chi connectivity index (χ3n) is 2.98. The van der Waals surface area contributed by atoms with Gasteiger partial charge in [0.25, 0.3) is 0 Å². The normalized spacial score (nSPS) is 10.8. The monoisotopic (exact) mass is 362 g/mol. The summed E-state index contributed by atoms with van der Waals surface area (Å²) in [4.78, 5) is 9.33. The first-order valence-corrected chi connectivity index (χ1v) is 7.71. The molecule has 0 radical (unpaired) electrons. The van der Waals surface area contributed by atoms with Crippen LogP contribution in [-0.4, -0.2) is 9.97 Å². The highest BCUT2D eigenvalue weighted by Gasteiger charge is 2.08. The molecule has 2 aromatic heterocycles. The van der Waals surface area contributed by atoms with Gasteiger partial charge in [0.05, 0.1) is 26.9 Å². The Morgan fingerprint density at radius 2 is 1.15 bits per heavy atom. The first kappa shape index (κ1) is 13.7. The fraction of sp³-hybridized carbons (Fsp3) is 0.0667. The van der Waals surface area contributed by atoms with Gasteiger partial charge in [-0.05, 0) is 24.3 Å². The van der Waals surface area contributed by atoms with Gasteiger partial charge in [-0.1, -0.05) is 24.3 Å². The smallest absolute Gasteiger partial charge is 0.101 e. The van der Waals surface area contributed by atoms with E-state index in [0.29, 0.717) is 0 Å². The molecule has 0 aliphatic carbocycles. The minimum atomic E-state index is 0. The molecule has 0 aliphatic heterocycles. The predicted molar refractivity (Wildman–Crippen MR) is 92.4 cm³/mol. The highest BCUT2D eigenvalue weighted by molar-refractivity contribution is 8.93. The third kappa shape index (κ3) is 2.49. The Hall–Kier alpha value is -1.30. The summed E-state index contributed by atoms with van der Waals surface area (Å²) in [6.07, 6.45) is 0.832. The van der Waals surface area contributed by atoms with E-state index in [1.165, 1.54) is 9.40 Å². The topological polar surface area (TPSA) is 25.8 Å². The van der Waals surface area contributed by atoms with Crippen LogP contribution < -0.4 is 0 Å². The van der Waals surface area contributed by atoms with Crippen LogP contribution in [0, 0.1) is 0 Å². The van der Waals surface area contributed by atoms with E-state index < -0.39 is 0 Å². The summed E-state index contributed by atoms with van der Waals surface area (Å²) < 4.78 is 2.50. The summed E-state index contributed by atoms with van der Waals surface area (Å²) in [7, 11) is 0. The molecule has 0 bridgehead atoms. The van der Waals surface area contributed by atoms with Gasteiger partial charge in [0, 0.05) is 0 Å². The van der Waals surface area contributed by atoms with E-state index in [2.05, 4.69) is 46.4 Å². The highest BCUT2D eigenvalue weighted by atomic mass is 79.9. The van der Waals surface area contributed by atoms with E-state index in [1.54, 1.807) is 22.7 Å². The standard InChI is InChI=1S/C15H10N2S2.BrH/c1-3-7-12-10(5-1)16-14(18-12)9-15-17-11-6-2-4-8-13(11)19-15;/h1-8H,9H2;1H. The molecule has 0 amide bonds. The van der Waals surface area contributed by atoms with E-state index in [0.717, 1.165) is 27.5 Å². The number of nitrogens with zero attached hydrogens (tertiary/aromatic N) is 2. The average Bonchev–Trinajstić information content (AvgIpc) is 3.00. The molecule has 0 N–H and O–H groups in total. The summed E-state index contributed by atoms with van der Waals surface area (Å²) in [5.74, 6) is 0. The highest BCUT2D eigenvalue weighted by Crippen LogP contribution is 2.27. The fourth-order valence-corrected chi connectivity index (χ4v) is 4.16. The van der Waals surface area contributed by atoms with Crippen LogP contribution in [0.1, 0.15) is 10.0 Å². The Labute approximate surface area is 134 Å². The number of thiazole rings is 2. The van der Waals surface area contributed by atoms with E-state index in [1.807, 2.05) is 12.1 Å². The number of para-hydroxylation sites is 2. The summed E-state index contributed by atoms with van der Waals surface area (Å²) in [5, 5.41) is 2.28. The third-order valence-corrected chi connectivity index (χ3v) is 5.05. The van der Waals surface area contributed by atoms with Crippen LogP contribution in [0.3, 0.4) is 0 Å². The number of benzene rings is 2. The molecule has 0 atom stereocenters. The summed E-state index contributed by atoms with van der Waals surface area (Å²) in [6.45, 7) is 0. The van der Waals surface area contributed by atoms with Crippen molar-refractivity contribution in [3.8, 4) is 0 Å². The van der Waals surface area contributed by atoms with E-state index in [-0.39, 0.29) is 17.0 Å². The molecule has 20 heavy (non-hydrogen) atoms. The number of rotatable bonds is 2. The molecular weight excluding hydrogens is 352 g/mol. The molecule has 5 heteroatoms. The Kier molecular flexibility index (Phi) is 3.83. The first-order chi connectivity index (χ1) is 9.38. The molecule has 100 valence electrons. The largest absolute Gasteiger partial charge is 0.241 e. The quantitative estimate of drug-likeness (QED) is 0.497. The lowest BCUT2D eigenvalue weighted by Crippen LogP contribution is -1.84. The van der Waals surface area contributed by atoms with Crippen molar-refractivity contribution >= 4 is 60.1 Å². The van der Waals surface area contributed by atoms with Gasteiger partial charge in [0.2, 0.25) is 0 Å². The minimum absolute atomic E-state index is 0. The maximum Gasteiger partial charge on any atom is 0.101 e. The lowest BCUT2D eigenvalue weighted by atomic mass is 10.3. The molecule has 2 heterocycles. The van der Waals surface area contributed by atoms with Crippen molar-refractivity contribution in [2.75, 3.05) is 0 Å². The van der Waals surface area contributed by atoms with Gasteiger partial charge in [0.15, 0.2) is 0 Å². The first-order valence-electron chi connectivity index (χ1n) is 6.07. The lowest BCUT2D eigenvalue weighted by molar-refractivity contribution is 1.13. The van der Waals surface area contributed by atoms with Crippen molar-refractivity contribution in [3.63, 3.8) is 0 Å². The summed E-state index contributed by atoms with van der Waals surface area (Å²) >= 11 is 3.52. The second-order valence-electron chi connectivity index (χ2n) is 4.33. The SMILES string of the molecule is Br.c1ccc2sc(Cc3nc4ccccc4s3)nc2c1. The van der Waals surface area contributed by atoms with E-state index >= 15 is 0 Å². The Bertz CT molecular complexity index is 728. The zero-order valence-corrected chi connectivity index (χ0v) is 13.8. The van der Waals surface area contributed by atoms with Gasteiger partial charge in [-0.3, -0.25) is 0 Å². The van der Waals surface area contributed by atoms with Crippen LogP contribution in [-0.2, 0) is 6.42 Å². The Balaban J connectivity index is 0.00000121. The zero-order valence-electron chi connectivity index (χ0n) is 10.4. The van der Waals surface area contributed by atoms with Crippen LogP contribution >= 0.6 is 39.7 Å². The van der Waals surface area contributed by atoms with Gasteiger partial charge in [-0.15, -0.1) is 39.7 Å². The van der Waals surface area contributed by atoms with Crippen LogP contribution in [0.4, 0.5) is 0 Å². The molecule has 0 unspecified atom stereocenters. The number of hydrogen-bond acceptors (Lipinski definition) is 4. The zero-order chi connectivity index (χ0) is 12.7. The molecule has 0 saturated carbocycles. The van der Waals surface area contributed by atoms with Gasteiger partial charge < -0.3 is 0 Å². The van der Waals surface area contributed by atoms with Gasteiger partial charge in [-0.2, -0.15) is 0 Å². The van der Waals surface area contributed by atoms with Gasteiger partial charge in [-0.25, -0.2) is 9.97 Å². The summed E-state index contributed by atoms with van der Waals surface area (Å²) in [5.41, 5.74) is 2.17. The van der Waals surface area contributed by atoms with Crippen molar-refractivity contribution < 1.29 is 0 Å². The van der Waals surface area contributed by atoms with Crippen molar-refractivity contribution in [1.29, 1.82) is 0 Å². The Morgan fingerprint density at radius 1 is 0.700 bits per heavy atom. The minimum Gasteiger partial charge on any atom is -0.241 e. The van der Waals surface area contributed by atoms with Crippen LogP contribution in [0.5, 0.6) is 0 Å². The molecule has 0 spiro atoms. The molecule has 4 aromatic rings. The Morgan fingerprint density at radius 3 is 1.60 bits per heavy atom. The van der Waals surface area contributed by atoms with Crippen molar-refractivity contribution in [3.05, 3.63) is 58.5 Å². The number of fused-ring (bicyclic) bond motifs is 2. The number of aromatic nitrogens is 2. The molecule has 0 saturated heterocycles. The van der Waals surface area contributed by atoms with Gasteiger partial charge in [0.1, 0.15) is 10.0 Å². The number of hydrogen-bond donors (Lipinski definition) is 0. The maximum absolute atomic E-state index is 4.66. The molecule has 2 nitrogen and oxygen atoms in total. The van der Waals surface area contributed by atoms with Crippen molar-refractivity contribution in [2.24, 2.45) is 0 Å².